The van der Waals surface area contributed by atoms with E-state index in [1.807, 2.05) is 0 Å². The Hall–Kier alpha value is -0.860. The monoisotopic (exact) mass is 537 g/mol. The first-order valence-corrected chi connectivity index (χ1v) is 17.3. The number of hydrogen-bond donors (Lipinski definition) is 0. The molecule has 1 atom stereocenters. The van der Waals surface area contributed by atoms with E-state index in [1.54, 1.807) is 6.92 Å². The van der Waals surface area contributed by atoms with Crippen LogP contribution in [0.3, 0.4) is 0 Å². The molecule has 3 heteroatoms. The second-order valence-corrected chi connectivity index (χ2v) is 12.0. The fraction of sp³-hybridized carbons (Fsp3) is 0.943. The summed E-state index contributed by atoms with van der Waals surface area (Å²) in [5.74, 6) is 0.331. The lowest BCUT2D eigenvalue weighted by molar-refractivity contribution is -0.150. The second-order valence-electron chi connectivity index (χ2n) is 12.0. The number of hydrogen-bond acceptors (Lipinski definition) is 3. The largest absolute Gasteiger partial charge is 0.462 e. The van der Waals surface area contributed by atoms with Gasteiger partial charge in [-0.1, -0.05) is 149 Å². The van der Waals surface area contributed by atoms with Crippen LogP contribution in [-0.2, 0) is 14.3 Å². The lowest BCUT2D eigenvalue weighted by atomic mass is 10.0. The van der Waals surface area contributed by atoms with Crippen LogP contribution < -0.4 is 0 Å². The molecule has 0 aromatic rings. The summed E-state index contributed by atoms with van der Waals surface area (Å²) in [4.78, 5) is 23.6. The van der Waals surface area contributed by atoms with Gasteiger partial charge in [-0.05, 0) is 45.4 Å². The third kappa shape index (κ3) is 29.7. The van der Waals surface area contributed by atoms with Gasteiger partial charge in [0.15, 0.2) is 0 Å². The van der Waals surface area contributed by atoms with Crippen LogP contribution in [0.15, 0.2) is 0 Å². The van der Waals surface area contributed by atoms with Crippen molar-refractivity contribution in [3.05, 3.63) is 0 Å². The van der Waals surface area contributed by atoms with Crippen molar-refractivity contribution in [3.63, 3.8) is 0 Å². The molecule has 0 aliphatic carbocycles. The Kier molecular flexibility index (Phi) is 30.0. The highest BCUT2D eigenvalue weighted by molar-refractivity contribution is 5.75. The van der Waals surface area contributed by atoms with E-state index in [0.717, 1.165) is 51.4 Å². The highest BCUT2D eigenvalue weighted by Crippen LogP contribution is 2.19. The zero-order chi connectivity index (χ0) is 27.9. The van der Waals surface area contributed by atoms with Gasteiger partial charge in [0.25, 0.3) is 0 Å². The van der Waals surface area contributed by atoms with Crippen LogP contribution in [0.1, 0.15) is 207 Å². The Morgan fingerprint density at radius 1 is 0.447 bits per heavy atom. The quantitative estimate of drug-likeness (QED) is 0.0653. The third-order valence-corrected chi connectivity index (χ3v) is 7.97. The van der Waals surface area contributed by atoms with Crippen LogP contribution >= 0.6 is 0 Å². The molecule has 0 amide bonds. The van der Waals surface area contributed by atoms with Crippen LogP contribution in [0.4, 0.5) is 0 Å². The lowest BCUT2D eigenvalue weighted by Crippen LogP contribution is -2.18. The molecule has 0 rings (SSSR count). The zero-order valence-corrected chi connectivity index (χ0v) is 26.3. The first kappa shape index (κ1) is 37.1. The Morgan fingerprint density at radius 3 is 1.13 bits per heavy atom. The summed E-state index contributed by atoms with van der Waals surface area (Å²) in [6.07, 6.45) is 35.5. The maximum Gasteiger partial charge on any atom is 0.306 e. The standard InChI is InChI=1S/C35H68O3/c1-4-6-8-10-12-13-14-15-16-17-19-24-28-32-35(37)38-34(30-26-22-18-11-9-7-5-2)31-27-23-20-21-25-29-33(3)36/h34H,4-32H2,1-3H3. The third-order valence-electron chi connectivity index (χ3n) is 7.97. The van der Waals surface area contributed by atoms with Gasteiger partial charge in [0.05, 0.1) is 0 Å². The van der Waals surface area contributed by atoms with E-state index in [-0.39, 0.29) is 12.1 Å². The molecular formula is C35H68O3. The van der Waals surface area contributed by atoms with Gasteiger partial charge >= 0.3 is 5.97 Å². The van der Waals surface area contributed by atoms with Gasteiger partial charge in [-0.3, -0.25) is 4.79 Å². The minimum atomic E-state index is 0.0301. The summed E-state index contributed by atoms with van der Waals surface area (Å²) in [6, 6.07) is 0. The number of carbonyl (C=O) groups is 2. The molecule has 0 aliphatic rings. The molecule has 0 fully saturated rings. The van der Waals surface area contributed by atoms with E-state index in [9.17, 15) is 9.59 Å². The highest BCUT2D eigenvalue weighted by atomic mass is 16.5. The van der Waals surface area contributed by atoms with Gasteiger partial charge in [-0.15, -0.1) is 0 Å². The molecule has 0 aliphatic heterocycles. The number of rotatable bonds is 31. The van der Waals surface area contributed by atoms with E-state index in [2.05, 4.69) is 13.8 Å². The Balaban J connectivity index is 3.94. The zero-order valence-electron chi connectivity index (χ0n) is 26.3. The lowest BCUT2D eigenvalue weighted by Gasteiger charge is -2.18. The van der Waals surface area contributed by atoms with Crippen LogP contribution in [0.25, 0.3) is 0 Å². The van der Waals surface area contributed by atoms with E-state index in [1.165, 1.54) is 128 Å². The van der Waals surface area contributed by atoms with Crippen molar-refractivity contribution in [1.82, 2.24) is 0 Å². The van der Waals surface area contributed by atoms with E-state index < -0.39 is 0 Å². The van der Waals surface area contributed by atoms with Crippen molar-refractivity contribution in [2.24, 2.45) is 0 Å². The molecule has 0 spiro atoms. The molecule has 0 N–H and O–H groups in total. The molecule has 0 heterocycles. The number of carbonyl (C=O) groups excluding carboxylic acids is 2. The summed E-state index contributed by atoms with van der Waals surface area (Å²) in [5, 5.41) is 0. The first-order chi connectivity index (χ1) is 18.6. The molecule has 0 saturated carbocycles. The molecule has 38 heavy (non-hydrogen) atoms. The number of ether oxygens (including phenoxy) is 1. The molecule has 0 radical (unpaired) electrons. The Bertz CT molecular complexity index is 501. The van der Waals surface area contributed by atoms with Gasteiger partial charge < -0.3 is 9.53 Å². The van der Waals surface area contributed by atoms with Gasteiger partial charge in [-0.25, -0.2) is 0 Å². The second kappa shape index (κ2) is 30.7. The summed E-state index contributed by atoms with van der Waals surface area (Å²) in [7, 11) is 0. The minimum absolute atomic E-state index is 0.0301. The highest BCUT2D eigenvalue weighted by Gasteiger charge is 2.14. The predicted molar refractivity (Wildman–Crippen MR) is 166 cm³/mol. The van der Waals surface area contributed by atoms with Crippen molar-refractivity contribution in [2.45, 2.75) is 213 Å². The molecule has 0 aromatic heterocycles. The molecular weight excluding hydrogens is 468 g/mol. The fourth-order valence-corrected chi connectivity index (χ4v) is 5.40. The molecule has 1 unspecified atom stereocenters. The van der Waals surface area contributed by atoms with Crippen LogP contribution in [0, 0.1) is 0 Å². The number of esters is 1. The van der Waals surface area contributed by atoms with Crippen LogP contribution in [-0.4, -0.2) is 17.9 Å². The van der Waals surface area contributed by atoms with Crippen molar-refractivity contribution in [3.8, 4) is 0 Å². The minimum Gasteiger partial charge on any atom is -0.462 e. The van der Waals surface area contributed by atoms with Crippen LogP contribution in [0.5, 0.6) is 0 Å². The maximum absolute atomic E-state index is 12.5. The SMILES string of the molecule is CCCCCCCCCCCCCCCC(=O)OC(CCCCCCCCC)CCCCCCCC(C)=O. The normalized spacial score (nSPS) is 12.1. The molecule has 0 saturated heterocycles. The summed E-state index contributed by atoms with van der Waals surface area (Å²) in [6.45, 7) is 6.23. The van der Waals surface area contributed by atoms with Gasteiger partial charge in [0, 0.05) is 12.8 Å². The van der Waals surface area contributed by atoms with E-state index in [0.29, 0.717) is 12.2 Å². The van der Waals surface area contributed by atoms with E-state index in [4.69, 9.17) is 4.74 Å². The predicted octanol–water partition coefficient (Wildman–Crippen LogP) is 11.8. The first-order valence-electron chi connectivity index (χ1n) is 17.3. The van der Waals surface area contributed by atoms with Gasteiger partial charge in [0.2, 0.25) is 0 Å². The Morgan fingerprint density at radius 2 is 0.763 bits per heavy atom. The fourth-order valence-electron chi connectivity index (χ4n) is 5.40. The van der Waals surface area contributed by atoms with Crippen molar-refractivity contribution < 1.29 is 14.3 Å². The topological polar surface area (TPSA) is 43.4 Å². The van der Waals surface area contributed by atoms with Crippen LogP contribution in [0.2, 0.25) is 0 Å². The van der Waals surface area contributed by atoms with Gasteiger partial charge in [0.1, 0.15) is 11.9 Å². The summed E-state index contributed by atoms with van der Waals surface area (Å²) >= 11 is 0. The number of ketones is 1. The van der Waals surface area contributed by atoms with E-state index >= 15 is 0 Å². The van der Waals surface area contributed by atoms with Crippen molar-refractivity contribution >= 4 is 11.8 Å². The van der Waals surface area contributed by atoms with Crippen molar-refractivity contribution in [1.29, 1.82) is 0 Å². The molecule has 0 bridgehead atoms. The summed E-state index contributed by atoms with van der Waals surface area (Å²) in [5.41, 5.74) is 0. The maximum atomic E-state index is 12.5. The molecule has 3 nitrogen and oxygen atoms in total. The average Bonchev–Trinajstić information content (AvgIpc) is 2.89. The molecule has 226 valence electrons. The number of Topliss-reactive ketones (excluding diaryl/α,β-unsaturated/α-hetero) is 1. The van der Waals surface area contributed by atoms with Gasteiger partial charge in [-0.2, -0.15) is 0 Å². The van der Waals surface area contributed by atoms with Crippen molar-refractivity contribution in [2.75, 3.05) is 0 Å². The molecule has 0 aromatic carbocycles. The smallest absolute Gasteiger partial charge is 0.306 e. The average molecular weight is 537 g/mol. The summed E-state index contributed by atoms with van der Waals surface area (Å²) < 4.78 is 5.98. The number of unbranched alkanes of at least 4 members (excludes halogenated alkanes) is 22. The Labute approximate surface area is 239 Å².